The van der Waals surface area contributed by atoms with Gasteiger partial charge in [-0.15, -0.1) is 0 Å². The van der Waals surface area contributed by atoms with Crippen LogP contribution in [0.4, 0.5) is 0 Å². The van der Waals surface area contributed by atoms with Crippen molar-refractivity contribution in [2.45, 2.75) is 52.0 Å². The summed E-state index contributed by atoms with van der Waals surface area (Å²) in [5.41, 5.74) is 3.18. The van der Waals surface area contributed by atoms with Crippen molar-refractivity contribution in [3.8, 4) is 17.1 Å². The molecule has 1 aliphatic heterocycles. The molecule has 2 aromatic heterocycles. The molecule has 1 N–H and O–H groups in total. The minimum atomic E-state index is -1.01. The molecule has 1 aromatic carbocycles. The second-order valence-electron chi connectivity index (χ2n) is 11.3. The molecule has 3 heterocycles. The second kappa shape index (κ2) is 9.38. The van der Waals surface area contributed by atoms with Crippen LogP contribution in [0.15, 0.2) is 42.6 Å². The number of carbonyl (C=O) groups is 3. The lowest BCUT2D eigenvalue weighted by molar-refractivity contribution is 0.0514. The molecule has 1 amide bonds. The number of ether oxygens (including phenoxy) is 1. The normalized spacial score (nSPS) is 16.8. The summed E-state index contributed by atoms with van der Waals surface area (Å²) in [6.45, 7) is 7.26. The predicted molar refractivity (Wildman–Crippen MR) is 141 cm³/mol. The molecule has 198 valence electrons. The number of aromatic nitrogens is 3. The number of likely N-dealkylation sites (tertiary alicyclic amines) is 1. The van der Waals surface area contributed by atoms with E-state index in [9.17, 15) is 14.4 Å². The van der Waals surface area contributed by atoms with Crippen LogP contribution in [0.25, 0.3) is 11.3 Å². The van der Waals surface area contributed by atoms with E-state index >= 15 is 0 Å². The number of hydrogen-bond donors (Lipinski definition) is 1. The maximum Gasteiger partial charge on any atom is 0.335 e. The van der Waals surface area contributed by atoms with Gasteiger partial charge in [0.1, 0.15) is 5.69 Å². The van der Waals surface area contributed by atoms with E-state index in [0.717, 1.165) is 30.5 Å². The summed E-state index contributed by atoms with van der Waals surface area (Å²) >= 11 is 0. The first kappa shape index (κ1) is 25.6. The van der Waals surface area contributed by atoms with E-state index in [4.69, 9.17) is 9.84 Å². The fourth-order valence-electron chi connectivity index (χ4n) is 5.59. The Labute approximate surface area is 221 Å². The third-order valence-electron chi connectivity index (χ3n) is 7.64. The van der Waals surface area contributed by atoms with Crippen molar-refractivity contribution in [3.63, 3.8) is 0 Å². The molecule has 1 fully saturated rings. The van der Waals surface area contributed by atoms with E-state index < -0.39 is 5.97 Å². The van der Waals surface area contributed by atoms with Gasteiger partial charge < -0.3 is 14.7 Å². The molecule has 1 spiro atoms. The maximum atomic E-state index is 13.5. The summed E-state index contributed by atoms with van der Waals surface area (Å²) in [4.78, 5) is 44.2. The molecule has 1 aliphatic carbocycles. The number of rotatable bonds is 4. The smallest absolute Gasteiger partial charge is 0.335 e. The number of carboxylic acid groups (broad SMARTS) is 1. The number of amides is 1. The van der Waals surface area contributed by atoms with E-state index in [0.29, 0.717) is 42.2 Å². The van der Waals surface area contributed by atoms with Gasteiger partial charge in [-0.2, -0.15) is 5.10 Å². The van der Waals surface area contributed by atoms with Crippen LogP contribution in [-0.4, -0.2) is 62.6 Å². The van der Waals surface area contributed by atoms with Gasteiger partial charge >= 0.3 is 5.97 Å². The minimum absolute atomic E-state index is 0.118. The first-order chi connectivity index (χ1) is 18.0. The maximum absolute atomic E-state index is 13.5. The van der Waals surface area contributed by atoms with Crippen LogP contribution in [0.5, 0.6) is 5.88 Å². The molecular weight excluding hydrogens is 484 g/mol. The number of ketones is 1. The molecule has 1 saturated heterocycles. The van der Waals surface area contributed by atoms with Crippen molar-refractivity contribution in [3.05, 3.63) is 65.0 Å². The van der Waals surface area contributed by atoms with Crippen molar-refractivity contribution in [1.82, 2.24) is 19.7 Å². The molecule has 0 saturated carbocycles. The third kappa shape index (κ3) is 4.68. The zero-order valence-corrected chi connectivity index (χ0v) is 22.2. The summed E-state index contributed by atoms with van der Waals surface area (Å²) in [7, 11) is 1.49. The van der Waals surface area contributed by atoms with E-state index in [2.05, 4.69) is 10.1 Å². The second-order valence-corrected chi connectivity index (χ2v) is 11.3. The van der Waals surface area contributed by atoms with Gasteiger partial charge in [-0.1, -0.05) is 12.1 Å². The predicted octanol–water partition coefficient (Wildman–Crippen LogP) is 4.46. The van der Waals surface area contributed by atoms with Crippen molar-refractivity contribution >= 4 is 17.7 Å². The summed E-state index contributed by atoms with van der Waals surface area (Å²) in [6.07, 6.45) is 4.60. The molecule has 9 heteroatoms. The summed E-state index contributed by atoms with van der Waals surface area (Å²) in [6, 6.07) is 9.68. The number of methoxy groups -OCH3 is 1. The Hall–Kier alpha value is -4.01. The van der Waals surface area contributed by atoms with Gasteiger partial charge in [-0.25, -0.2) is 9.78 Å². The molecule has 3 aromatic rings. The molecule has 9 nitrogen and oxygen atoms in total. The molecule has 38 heavy (non-hydrogen) atoms. The quantitative estimate of drug-likeness (QED) is 0.544. The first-order valence-corrected chi connectivity index (χ1v) is 12.8. The Morgan fingerprint density at radius 3 is 2.32 bits per heavy atom. The van der Waals surface area contributed by atoms with Gasteiger partial charge in [0.2, 0.25) is 5.88 Å². The van der Waals surface area contributed by atoms with Gasteiger partial charge in [-0.3, -0.25) is 14.3 Å². The summed E-state index contributed by atoms with van der Waals surface area (Å²) in [5.74, 6) is -0.682. The largest absolute Gasteiger partial charge is 0.481 e. The number of carbonyl (C=O) groups excluding carboxylic acids is 2. The van der Waals surface area contributed by atoms with Gasteiger partial charge in [0.25, 0.3) is 5.91 Å². The lowest BCUT2D eigenvalue weighted by atomic mass is 9.67. The number of aromatic carboxylic acids is 1. The Morgan fingerprint density at radius 2 is 1.71 bits per heavy atom. The molecular formula is C29H32N4O5. The topological polar surface area (TPSA) is 115 Å². The van der Waals surface area contributed by atoms with Crippen LogP contribution in [0, 0.1) is 5.41 Å². The van der Waals surface area contributed by atoms with Crippen LogP contribution in [0.2, 0.25) is 0 Å². The van der Waals surface area contributed by atoms with Crippen LogP contribution >= 0.6 is 0 Å². The fourth-order valence-corrected chi connectivity index (χ4v) is 5.59. The number of hydrogen-bond acceptors (Lipinski definition) is 6. The third-order valence-corrected chi connectivity index (χ3v) is 7.64. The summed E-state index contributed by atoms with van der Waals surface area (Å²) in [5, 5.41) is 13.7. The number of nitrogens with zero attached hydrogens (tertiary/aromatic N) is 4. The summed E-state index contributed by atoms with van der Waals surface area (Å²) < 4.78 is 7.20. The highest BCUT2D eigenvalue weighted by Crippen LogP contribution is 2.44. The monoisotopic (exact) mass is 516 g/mol. The van der Waals surface area contributed by atoms with Gasteiger partial charge in [0.05, 0.1) is 30.1 Å². The molecule has 2 aliphatic rings. The van der Waals surface area contributed by atoms with Crippen molar-refractivity contribution in [2.24, 2.45) is 5.41 Å². The average Bonchev–Trinajstić information content (AvgIpc) is 3.33. The molecule has 5 rings (SSSR count). The van der Waals surface area contributed by atoms with Crippen LogP contribution in [0.1, 0.15) is 76.8 Å². The van der Waals surface area contributed by atoms with Gasteiger partial charge in [-0.05, 0) is 63.6 Å². The highest BCUT2D eigenvalue weighted by atomic mass is 16.5. The molecule has 0 radical (unpaired) electrons. The van der Waals surface area contributed by atoms with E-state index in [1.54, 1.807) is 24.3 Å². The van der Waals surface area contributed by atoms with Crippen molar-refractivity contribution in [1.29, 1.82) is 0 Å². The van der Waals surface area contributed by atoms with Crippen molar-refractivity contribution in [2.75, 3.05) is 20.2 Å². The number of piperidine rings is 1. The average molecular weight is 517 g/mol. The molecule has 0 bridgehead atoms. The molecule has 0 atom stereocenters. The van der Waals surface area contributed by atoms with E-state index in [1.807, 2.05) is 36.5 Å². The zero-order valence-electron chi connectivity index (χ0n) is 22.2. The number of Topliss-reactive ketones (excluding diaryl/α,β-unsaturated/α-hetero) is 1. The lowest BCUT2D eigenvalue weighted by Crippen LogP contribution is -2.46. The Balaban J connectivity index is 1.33. The number of carboxylic acids is 1. The molecule has 0 unspecified atom stereocenters. The van der Waals surface area contributed by atoms with E-state index in [1.165, 1.54) is 19.2 Å². The Kier molecular flexibility index (Phi) is 6.33. The highest BCUT2D eigenvalue weighted by Gasteiger charge is 2.44. The Morgan fingerprint density at radius 1 is 1.03 bits per heavy atom. The number of pyridine rings is 1. The number of fused-ring (bicyclic) bond motifs is 1. The first-order valence-electron chi connectivity index (χ1n) is 12.8. The zero-order chi connectivity index (χ0) is 27.2. The van der Waals surface area contributed by atoms with Crippen molar-refractivity contribution < 1.29 is 24.2 Å². The van der Waals surface area contributed by atoms with Gasteiger partial charge in [0.15, 0.2) is 5.78 Å². The van der Waals surface area contributed by atoms with Crippen LogP contribution in [-0.2, 0) is 12.0 Å². The fraction of sp³-hybridized carbons (Fsp3) is 0.414. The highest BCUT2D eigenvalue weighted by molar-refractivity contribution is 5.98. The minimum Gasteiger partial charge on any atom is -0.481 e. The SMILES string of the molecule is COc1cc(C(=O)N2CCC3(CC2)CC(=O)c2c(cnn2C(C)(C)C)C3)cc(-c2ccc(C(=O)O)cc2)n1. The van der Waals surface area contributed by atoms with E-state index in [-0.39, 0.29) is 28.2 Å². The van der Waals surface area contributed by atoms with Gasteiger partial charge in [0, 0.05) is 42.3 Å². The van der Waals surface area contributed by atoms with Crippen LogP contribution in [0.3, 0.4) is 0 Å². The van der Waals surface area contributed by atoms with Crippen LogP contribution < -0.4 is 4.74 Å². The Bertz CT molecular complexity index is 1410. The number of benzene rings is 1. The standard InChI is InChI=1S/C29H32N4O5/c1-28(2,3)33-25-21(17-30-33)15-29(16-23(25)34)9-11-32(12-10-29)26(35)20-13-22(31-24(14-20)38-4)18-5-7-19(8-6-18)27(36)37/h5-8,13-14,17H,9-12,15-16H2,1-4H3,(H,36,37). The lowest BCUT2D eigenvalue weighted by Gasteiger charge is -2.43.